The van der Waals surface area contributed by atoms with E-state index in [0.29, 0.717) is 0 Å². The van der Waals surface area contributed by atoms with Crippen LogP contribution < -0.4 is 9.64 Å². The fourth-order valence-electron chi connectivity index (χ4n) is 9.08. The van der Waals surface area contributed by atoms with Gasteiger partial charge in [-0.3, -0.25) is 0 Å². The van der Waals surface area contributed by atoms with Crippen LogP contribution in [0.5, 0.6) is 11.5 Å². The smallest absolute Gasteiger partial charge is 0.140 e. The Hall–Kier alpha value is -6.90. The van der Waals surface area contributed by atoms with Crippen molar-refractivity contribution in [3.63, 3.8) is 0 Å². The van der Waals surface area contributed by atoms with E-state index in [1.807, 2.05) is 0 Å². The third-order valence-electron chi connectivity index (χ3n) is 11.3. The molecule has 0 bridgehead atoms. The van der Waals surface area contributed by atoms with Gasteiger partial charge >= 0.3 is 0 Å². The molecule has 1 aliphatic carbocycles. The number of para-hydroxylation sites is 2. The van der Waals surface area contributed by atoms with Crippen LogP contribution in [0, 0.1) is 0 Å². The summed E-state index contributed by atoms with van der Waals surface area (Å²) < 4.78 is 7.14. The molecular formula is C51H33NO. The molecule has 53 heavy (non-hydrogen) atoms. The van der Waals surface area contributed by atoms with Gasteiger partial charge in [0.15, 0.2) is 0 Å². The maximum Gasteiger partial charge on any atom is 0.140 e. The highest BCUT2D eigenvalue weighted by atomic mass is 16.5. The lowest BCUT2D eigenvalue weighted by Gasteiger charge is -2.40. The Bertz CT molecular complexity index is 2730. The monoisotopic (exact) mass is 675 g/mol. The molecule has 0 N–H and O–H groups in total. The first-order valence-electron chi connectivity index (χ1n) is 18.3. The highest BCUT2D eigenvalue weighted by Crippen LogP contribution is 2.65. The van der Waals surface area contributed by atoms with E-state index in [1.54, 1.807) is 0 Å². The van der Waals surface area contributed by atoms with Crippen molar-refractivity contribution >= 4 is 38.6 Å². The second kappa shape index (κ2) is 11.6. The minimum absolute atomic E-state index is 0.573. The third-order valence-corrected chi connectivity index (χ3v) is 11.3. The van der Waals surface area contributed by atoms with Gasteiger partial charge in [-0.1, -0.05) is 164 Å². The van der Waals surface area contributed by atoms with E-state index >= 15 is 0 Å². The molecule has 248 valence electrons. The van der Waals surface area contributed by atoms with E-state index < -0.39 is 5.41 Å². The molecule has 2 heteroatoms. The summed E-state index contributed by atoms with van der Waals surface area (Å²) in [6, 6.07) is 72.5. The molecule has 11 rings (SSSR count). The summed E-state index contributed by atoms with van der Waals surface area (Å²) in [6.45, 7) is 0. The van der Waals surface area contributed by atoms with E-state index in [2.05, 4.69) is 205 Å². The van der Waals surface area contributed by atoms with Crippen molar-refractivity contribution in [2.45, 2.75) is 5.41 Å². The fourth-order valence-corrected chi connectivity index (χ4v) is 9.08. The molecule has 1 aliphatic heterocycles. The molecule has 9 aromatic rings. The van der Waals surface area contributed by atoms with Gasteiger partial charge in [0, 0.05) is 39.0 Å². The number of nitrogens with zero attached hydrogens (tertiary/aromatic N) is 1. The average molecular weight is 676 g/mol. The maximum absolute atomic E-state index is 7.14. The van der Waals surface area contributed by atoms with Crippen LogP contribution in [0.15, 0.2) is 200 Å². The number of ether oxygens (including phenoxy) is 1. The van der Waals surface area contributed by atoms with Crippen LogP contribution >= 0.6 is 0 Å². The third kappa shape index (κ3) is 4.27. The molecule has 0 fully saturated rings. The van der Waals surface area contributed by atoms with Crippen LogP contribution in [0.2, 0.25) is 0 Å². The Morgan fingerprint density at radius 2 is 0.830 bits per heavy atom. The van der Waals surface area contributed by atoms with Gasteiger partial charge in [0.2, 0.25) is 0 Å². The minimum Gasteiger partial charge on any atom is -0.455 e. The van der Waals surface area contributed by atoms with Crippen molar-refractivity contribution in [3.05, 3.63) is 222 Å². The maximum atomic E-state index is 7.14. The zero-order valence-corrected chi connectivity index (χ0v) is 28.9. The number of benzene rings is 9. The first kappa shape index (κ1) is 29.8. The van der Waals surface area contributed by atoms with Crippen LogP contribution in [0.4, 0.5) is 17.1 Å². The molecule has 0 saturated heterocycles. The van der Waals surface area contributed by atoms with Crippen LogP contribution in [0.1, 0.15) is 22.3 Å². The summed E-state index contributed by atoms with van der Waals surface area (Å²) in [6.07, 6.45) is 0. The Morgan fingerprint density at radius 3 is 1.45 bits per heavy atom. The van der Waals surface area contributed by atoms with Gasteiger partial charge < -0.3 is 9.64 Å². The number of anilines is 3. The van der Waals surface area contributed by atoms with E-state index in [0.717, 1.165) is 39.3 Å². The standard InChI is InChI=1S/C51H33NO/c1-3-16-37(17-4-1)52(38-18-5-2-6-19-38)39-30-26-36(27-31-39)40-23-13-25-45-48(40)43-22-11-12-24-44(43)51(45)46-32-28-34-14-7-9-20-41(34)49(46)53-50-42-21-10-8-15-35(42)29-33-47(50)51/h1-33H. The Balaban J connectivity index is 1.16. The molecule has 9 aromatic carbocycles. The Labute approximate surface area is 308 Å². The Morgan fingerprint density at radius 1 is 0.340 bits per heavy atom. The summed E-state index contributed by atoms with van der Waals surface area (Å²) >= 11 is 0. The molecule has 0 saturated carbocycles. The van der Waals surface area contributed by atoms with Gasteiger partial charge in [-0.25, -0.2) is 0 Å². The molecule has 0 aromatic heterocycles. The zero-order chi connectivity index (χ0) is 34.9. The number of hydrogen-bond donors (Lipinski definition) is 0. The molecule has 0 atom stereocenters. The second-order valence-corrected chi connectivity index (χ2v) is 14.0. The van der Waals surface area contributed by atoms with Crippen LogP contribution in [-0.4, -0.2) is 0 Å². The largest absolute Gasteiger partial charge is 0.455 e. The zero-order valence-electron chi connectivity index (χ0n) is 28.9. The minimum atomic E-state index is -0.573. The molecule has 1 heterocycles. The quantitative estimate of drug-likeness (QED) is 0.184. The van der Waals surface area contributed by atoms with Crippen molar-refractivity contribution in [2.24, 2.45) is 0 Å². The number of fused-ring (bicyclic) bond motifs is 13. The normalized spacial score (nSPS) is 13.2. The van der Waals surface area contributed by atoms with Gasteiger partial charge in [0.05, 0.1) is 5.41 Å². The fraction of sp³-hybridized carbons (Fsp3) is 0.0196. The van der Waals surface area contributed by atoms with Crippen LogP contribution in [0.25, 0.3) is 43.8 Å². The van der Waals surface area contributed by atoms with Crippen molar-refractivity contribution in [3.8, 4) is 33.8 Å². The topological polar surface area (TPSA) is 12.5 Å². The molecule has 2 nitrogen and oxygen atoms in total. The summed E-state index contributed by atoms with van der Waals surface area (Å²) in [5.41, 5.74) is 12.7. The van der Waals surface area contributed by atoms with Crippen molar-refractivity contribution in [2.75, 3.05) is 4.90 Å². The SMILES string of the molecule is c1ccc(N(c2ccccc2)c2ccc(-c3cccc4c3-c3ccccc3C43c4ccc5ccccc5c4Oc4c3ccc3ccccc43)cc2)cc1. The van der Waals surface area contributed by atoms with Gasteiger partial charge in [-0.2, -0.15) is 0 Å². The predicted octanol–water partition coefficient (Wildman–Crippen LogP) is 13.6. The lowest BCUT2D eigenvalue weighted by Crippen LogP contribution is -2.32. The Kier molecular flexibility index (Phi) is 6.50. The van der Waals surface area contributed by atoms with E-state index in [4.69, 9.17) is 4.74 Å². The van der Waals surface area contributed by atoms with Crippen LogP contribution in [-0.2, 0) is 5.41 Å². The first-order chi connectivity index (χ1) is 26.3. The van der Waals surface area contributed by atoms with Gasteiger partial charge in [-0.05, 0) is 80.6 Å². The predicted molar refractivity (Wildman–Crippen MR) is 219 cm³/mol. The molecular weight excluding hydrogens is 643 g/mol. The lowest BCUT2D eigenvalue weighted by atomic mass is 9.65. The number of hydrogen-bond acceptors (Lipinski definition) is 2. The van der Waals surface area contributed by atoms with E-state index in [9.17, 15) is 0 Å². The second-order valence-electron chi connectivity index (χ2n) is 14.0. The lowest BCUT2D eigenvalue weighted by molar-refractivity contribution is 0.447. The van der Waals surface area contributed by atoms with Crippen molar-refractivity contribution in [1.82, 2.24) is 0 Å². The highest BCUT2D eigenvalue weighted by Gasteiger charge is 2.52. The molecule has 2 aliphatic rings. The highest BCUT2D eigenvalue weighted by molar-refractivity contribution is 6.02. The van der Waals surface area contributed by atoms with Gasteiger partial charge in [0.1, 0.15) is 11.5 Å². The van der Waals surface area contributed by atoms with Gasteiger partial charge in [-0.15, -0.1) is 0 Å². The van der Waals surface area contributed by atoms with Crippen molar-refractivity contribution in [1.29, 1.82) is 0 Å². The van der Waals surface area contributed by atoms with Crippen LogP contribution in [0.3, 0.4) is 0 Å². The van der Waals surface area contributed by atoms with Gasteiger partial charge in [0.25, 0.3) is 0 Å². The first-order valence-corrected chi connectivity index (χ1v) is 18.3. The molecule has 0 radical (unpaired) electrons. The summed E-state index contributed by atoms with van der Waals surface area (Å²) in [5, 5.41) is 4.60. The summed E-state index contributed by atoms with van der Waals surface area (Å²) in [4.78, 5) is 2.31. The van der Waals surface area contributed by atoms with E-state index in [1.165, 1.54) is 55.3 Å². The van der Waals surface area contributed by atoms with E-state index in [-0.39, 0.29) is 0 Å². The number of rotatable bonds is 4. The molecule has 0 unspecified atom stereocenters. The molecule has 0 amide bonds. The molecule has 1 spiro atoms. The average Bonchev–Trinajstić information content (AvgIpc) is 3.53. The summed E-state index contributed by atoms with van der Waals surface area (Å²) in [7, 11) is 0. The van der Waals surface area contributed by atoms with Crippen molar-refractivity contribution < 1.29 is 4.74 Å². The summed E-state index contributed by atoms with van der Waals surface area (Å²) in [5.74, 6) is 1.87.